The zero-order chi connectivity index (χ0) is 11.5. The highest BCUT2D eigenvalue weighted by Gasteiger charge is 2.20. The number of carbonyl (C=O) groups excluding carboxylic acids is 1. The molecule has 2 rings (SSSR count). The molecule has 4 heteroatoms. The summed E-state index contributed by atoms with van der Waals surface area (Å²) in [6.45, 7) is 1.03. The SMILES string of the molecule is CN(CC1CCC(=O)CC1)c1ccc(Cl)s1. The largest absolute Gasteiger partial charge is 0.366 e. The highest BCUT2D eigenvalue weighted by atomic mass is 35.5. The number of carbonyl (C=O) groups is 1. The van der Waals surface area contributed by atoms with E-state index in [1.54, 1.807) is 11.3 Å². The zero-order valence-electron chi connectivity index (χ0n) is 9.41. The standard InChI is InChI=1S/C12H16ClNOS/c1-14(12-7-6-11(13)16-12)8-9-2-4-10(15)5-3-9/h6-7,9H,2-5,8H2,1H3. The number of hydrogen-bond donors (Lipinski definition) is 0. The van der Waals surface area contributed by atoms with Crippen LogP contribution in [-0.2, 0) is 4.79 Å². The number of nitrogens with zero attached hydrogens (tertiary/aromatic N) is 1. The molecule has 0 aliphatic heterocycles. The van der Waals surface area contributed by atoms with Gasteiger partial charge in [-0.25, -0.2) is 0 Å². The molecular formula is C12H16ClNOS. The van der Waals surface area contributed by atoms with E-state index in [1.165, 1.54) is 5.00 Å². The lowest BCUT2D eigenvalue weighted by atomic mass is 9.88. The monoisotopic (exact) mass is 257 g/mol. The van der Waals surface area contributed by atoms with E-state index >= 15 is 0 Å². The van der Waals surface area contributed by atoms with Crippen LogP contribution in [0.5, 0.6) is 0 Å². The molecule has 0 saturated heterocycles. The Morgan fingerprint density at radius 2 is 2.12 bits per heavy atom. The third-order valence-electron chi connectivity index (χ3n) is 3.13. The summed E-state index contributed by atoms with van der Waals surface area (Å²) in [5, 5.41) is 1.21. The van der Waals surface area contributed by atoms with Gasteiger partial charge in [-0.05, 0) is 30.9 Å². The van der Waals surface area contributed by atoms with Crippen LogP contribution in [0.15, 0.2) is 12.1 Å². The molecule has 2 nitrogen and oxygen atoms in total. The maximum atomic E-state index is 11.1. The van der Waals surface area contributed by atoms with Crippen LogP contribution in [-0.4, -0.2) is 19.4 Å². The van der Waals surface area contributed by atoms with Crippen molar-refractivity contribution in [2.75, 3.05) is 18.5 Å². The first-order chi connectivity index (χ1) is 7.65. The van der Waals surface area contributed by atoms with Gasteiger partial charge in [-0.1, -0.05) is 11.6 Å². The molecule has 0 unspecified atom stereocenters. The van der Waals surface area contributed by atoms with Gasteiger partial charge in [-0.3, -0.25) is 4.79 Å². The normalized spacial score (nSPS) is 17.8. The fraction of sp³-hybridized carbons (Fsp3) is 0.583. The predicted octanol–water partition coefficient (Wildman–Crippen LogP) is 3.60. The van der Waals surface area contributed by atoms with E-state index in [-0.39, 0.29) is 0 Å². The molecule has 0 bridgehead atoms. The number of halogens is 1. The molecule has 16 heavy (non-hydrogen) atoms. The lowest BCUT2D eigenvalue weighted by molar-refractivity contribution is -0.120. The summed E-state index contributed by atoms with van der Waals surface area (Å²) in [6, 6.07) is 3.99. The van der Waals surface area contributed by atoms with Crippen LogP contribution in [0.4, 0.5) is 5.00 Å². The number of hydrogen-bond acceptors (Lipinski definition) is 3. The van der Waals surface area contributed by atoms with Crippen LogP contribution in [0.1, 0.15) is 25.7 Å². The number of thiophene rings is 1. The second-order valence-corrected chi connectivity index (χ2v) is 6.13. The van der Waals surface area contributed by atoms with E-state index < -0.39 is 0 Å². The van der Waals surface area contributed by atoms with Crippen molar-refractivity contribution in [3.8, 4) is 0 Å². The van der Waals surface area contributed by atoms with Crippen LogP contribution in [0.2, 0.25) is 4.34 Å². The minimum atomic E-state index is 0.429. The molecular weight excluding hydrogens is 242 g/mol. The lowest BCUT2D eigenvalue weighted by Gasteiger charge is -2.26. The highest BCUT2D eigenvalue weighted by Crippen LogP contribution is 2.30. The van der Waals surface area contributed by atoms with E-state index in [0.29, 0.717) is 11.7 Å². The minimum Gasteiger partial charge on any atom is -0.366 e. The molecule has 1 heterocycles. The third-order valence-corrected chi connectivity index (χ3v) is 4.48. The van der Waals surface area contributed by atoms with E-state index in [0.717, 1.165) is 36.6 Å². The Morgan fingerprint density at radius 1 is 1.44 bits per heavy atom. The Bertz CT molecular complexity index is 367. The highest BCUT2D eigenvalue weighted by molar-refractivity contribution is 7.19. The molecule has 1 fully saturated rings. The van der Waals surface area contributed by atoms with Gasteiger partial charge in [0.1, 0.15) is 5.78 Å². The van der Waals surface area contributed by atoms with Crippen LogP contribution >= 0.6 is 22.9 Å². The van der Waals surface area contributed by atoms with Gasteiger partial charge < -0.3 is 4.90 Å². The summed E-state index contributed by atoms with van der Waals surface area (Å²) in [6.07, 6.45) is 3.62. The van der Waals surface area contributed by atoms with Crippen molar-refractivity contribution in [1.82, 2.24) is 0 Å². The molecule has 0 atom stereocenters. The van der Waals surface area contributed by atoms with E-state index in [1.807, 2.05) is 6.07 Å². The maximum absolute atomic E-state index is 11.1. The molecule has 0 N–H and O–H groups in total. The van der Waals surface area contributed by atoms with Crippen LogP contribution in [0.3, 0.4) is 0 Å². The Kier molecular flexibility index (Phi) is 3.87. The molecule has 1 aliphatic carbocycles. The summed E-state index contributed by atoms with van der Waals surface area (Å²) in [7, 11) is 2.10. The van der Waals surface area contributed by atoms with Crippen molar-refractivity contribution >= 4 is 33.7 Å². The number of ketones is 1. The van der Waals surface area contributed by atoms with Crippen LogP contribution in [0, 0.1) is 5.92 Å². The van der Waals surface area contributed by atoms with Crippen LogP contribution in [0.25, 0.3) is 0 Å². The van der Waals surface area contributed by atoms with Gasteiger partial charge in [0.15, 0.2) is 0 Å². The first-order valence-electron chi connectivity index (χ1n) is 5.63. The van der Waals surface area contributed by atoms with Crippen molar-refractivity contribution in [2.24, 2.45) is 5.92 Å². The smallest absolute Gasteiger partial charge is 0.132 e. The first kappa shape index (κ1) is 11.9. The second kappa shape index (κ2) is 5.19. The zero-order valence-corrected chi connectivity index (χ0v) is 11.0. The molecule has 1 aromatic heterocycles. The second-order valence-electron chi connectivity index (χ2n) is 4.44. The van der Waals surface area contributed by atoms with E-state index in [2.05, 4.69) is 18.0 Å². The van der Waals surface area contributed by atoms with Crippen molar-refractivity contribution < 1.29 is 4.79 Å². The van der Waals surface area contributed by atoms with Gasteiger partial charge in [0.2, 0.25) is 0 Å². The van der Waals surface area contributed by atoms with Crippen molar-refractivity contribution in [3.05, 3.63) is 16.5 Å². The molecule has 0 spiro atoms. The lowest BCUT2D eigenvalue weighted by Crippen LogP contribution is -2.27. The van der Waals surface area contributed by atoms with Crippen molar-refractivity contribution in [2.45, 2.75) is 25.7 Å². The van der Waals surface area contributed by atoms with E-state index in [9.17, 15) is 4.79 Å². The summed E-state index contributed by atoms with van der Waals surface area (Å²) >= 11 is 7.52. The molecule has 88 valence electrons. The first-order valence-corrected chi connectivity index (χ1v) is 6.83. The molecule has 0 radical (unpaired) electrons. The maximum Gasteiger partial charge on any atom is 0.132 e. The Balaban J connectivity index is 1.87. The molecule has 1 aromatic rings. The van der Waals surface area contributed by atoms with Crippen molar-refractivity contribution in [3.63, 3.8) is 0 Å². The van der Waals surface area contributed by atoms with Gasteiger partial charge >= 0.3 is 0 Å². The Labute approximate surface area is 105 Å². The topological polar surface area (TPSA) is 20.3 Å². The fourth-order valence-corrected chi connectivity index (χ4v) is 3.17. The molecule has 0 amide bonds. The Morgan fingerprint density at radius 3 is 2.69 bits per heavy atom. The molecule has 1 aliphatic rings. The van der Waals surface area contributed by atoms with Gasteiger partial charge in [0.05, 0.1) is 9.34 Å². The number of anilines is 1. The van der Waals surface area contributed by atoms with Gasteiger partial charge in [0.25, 0.3) is 0 Å². The third kappa shape index (κ3) is 2.98. The number of rotatable bonds is 3. The fourth-order valence-electron chi connectivity index (χ4n) is 2.17. The summed E-state index contributed by atoms with van der Waals surface area (Å²) in [5.41, 5.74) is 0. The van der Waals surface area contributed by atoms with Gasteiger partial charge in [-0.15, -0.1) is 11.3 Å². The number of Topliss-reactive ketones (excluding diaryl/α,β-unsaturated/α-hetero) is 1. The van der Waals surface area contributed by atoms with E-state index in [4.69, 9.17) is 11.6 Å². The molecule has 0 aromatic carbocycles. The van der Waals surface area contributed by atoms with Gasteiger partial charge in [0, 0.05) is 26.4 Å². The molecule has 1 saturated carbocycles. The summed E-state index contributed by atoms with van der Waals surface area (Å²) < 4.78 is 0.834. The average Bonchev–Trinajstić information content (AvgIpc) is 2.68. The van der Waals surface area contributed by atoms with Gasteiger partial charge in [-0.2, -0.15) is 0 Å². The minimum absolute atomic E-state index is 0.429. The Hall–Kier alpha value is -0.540. The van der Waals surface area contributed by atoms with Crippen molar-refractivity contribution in [1.29, 1.82) is 0 Å². The predicted molar refractivity (Wildman–Crippen MR) is 69.6 cm³/mol. The summed E-state index contributed by atoms with van der Waals surface area (Å²) in [4.78, 5) is 13.4. The van der Waals surface area contributed by atoms with Crippen LogP contribution < -0.4 is 4.90 Å². The summed E-state index contributed by atoms with van der Waals surface area (Å²) in [5.74, 6) is 1.08. The quantitative estimate of drug-likeness (QED) is 0.825. The average molecular weight is 258 g/mol.